The van der Waals surface area contributed by atoms with Crippen LogP contribution in [0.5, 0.6) is 0 Å². The minimum atomic E-state index is -0.522. The van der Waals surface area contributed by atoms with E-state index in [2.05, 4.69) is 5.32 Å². The summed E-state index contributed by atoms with van der Waals surface area (Å²) < 4.78 is 13.6. The molecule has 0 aliphatic carbocycles. The molecule has 0 bridgehead atoms. The molecule has 0 saturated heterocycles. The molecule has 6 heteroatoms. The molecule has 0 saturated carbocycles. The highest BCUT2D eigenvalue weighted by Gasteiger charge is 2.17. The van der Waals surface area contributed by atoms with E-state index in [9.17, 15) is 14.0 Å². The predicted octanol–water partition coefficient (Wildman–Crippen LogP) is 2.00. The zero-order valence-corrected chi connectivity index (χ0v) is 12.5. The highest BCUT2D eigenvalue weighted by Crippen LogP contribution is 2.19. The maximum Gasteiger partial charge on any atom is 0.239 e. The SMILES string of the molecule is CC(C)NC(=O)CN(C)C(=O)Cc1c(F)cccc1Cl. The van der Waals surface area contributed by atoms with Crippen molar-refractivity contribution in [3.63, 3.8) is 0 Å². The van der Waals surface area contributed by atoms with Gasteiger partial charge in [0.05, 0.1) is 13.0 Å². The zero-order chi connectivity index (χ0) is 15.3. The molecule has 20 heavy (non-hydrogen) atoms. The molecule has 1 rings (SSSR count). The van der Waals surface area contributed by atoms with Gasteiger partial charge in [-0.2, -0.15) is 0 Å². The second-order valence-corrected chi connectivity index (χ2v) is 5.26. The van der Waals surface area contributed by atoms with Crippen molar-refractivity contribution in [2.75, 3.05) is 13.6 Å². The molecular formula is C14H18ClFN2O2. The van der Waals surface area contributed by atoms with Gasteiger partial charge in [0, 0.05) is 23.7 Å². The Bertz CT molecular complexity index is 486. The van der Waals surface area contributed by atoms with E-state index in [0.717, 1.165) is 0 Å². The van der Waals surface area contributed by atoms with Crippen LogP contribution in [0.4, 0.5) is 4.39 Å². The van der Waals surface area contributed by atoms with Crippen molar-refractivity contribution in [3.05, 3.63) is 34.6 Å². The van der Waals surface area contributed by atoms with Crippen LogP contribution in [0, 0.1) is 5.82 Å². The Morgan fingerprint density at radius 1 is 1.40 bits per heavy atom. The van der Waals surface area contributed by atoms with E-state index in [1.807, 2.05) is 13.8 Å². The maximum absolute atomic E-state index is 13.6. The Balaban J connectivity index is 2.64. The first-order valence-corrected chi connectivity index (χ1v) is 6.65. The average molecular weight is 301 g/mol. The van der Waals surface area contributed by atoms with Crippen LogP contribution in [0.1, 0.15) is 19.4 Å². The Kier molecular flexibility index (Phi) is 5.95. The number of likely N-dealkylation sites (N-methyl/N-ethyl adjacent to an activating group) is 1. The van der Waals surface area contributed by atoms with Crippen LogP contribution in [0.15, 0.2) is 18.2 Å². The quantitative estimate of drug-likeness (QED) is 0.904. The molecule has 1 N–H and O–H groups in total. The molecule has 1 aromatic carbocycles. The first kappa shape index (κ1) is 16.4. The van der Waals surface area contributed by atoms with E-state index in [-0.39, 0.29) is 41.4 Å². The van der Waals surface area contributed by atoms with Crippen LogP contribution < -0.4 is 5.32 Å². The number of nitrogens with zero attached hydrogens (tertiary/aromatic N) is 1. The van der Waals surface area contributed by atoms with E-state index >= 15 is 0 Å². The van der Waals surface area contributed by atoms with Crippen LogP contribution in [0.2, 0.25) is 5.02 Å². The number of amides is 2. The van der Waals surface area contributed by atoms with Crippen molar-refractivity contribution >= 4 is 23.4 Å². The normalized spacial score (nSPS) is 10.5. The summed E-state index contributed by atoms with van der Waals surface area (Å²) in [6.45, 7) is 3.60. The lowest BCUT2D eigenvalue weighted by molar-refractivity contribution is -0.134. The van der Waals surface area contributed by atoms with E-state index in [0.29, 0.717) is 0 Å². The first-order valence-electron chi connectivity index (χ1n) is 6.27. The molecule has 0 aliphatic rings. The number of carbonyl (C=O) groups is 2. The third-order valence-electron chi connectivity index (χ3n) is 2.65. The molecule has 0 fully saturated rings. The molecule has 0 atom stereocenters. The number of carbonyl (C=O) groups excluding carboxylic acids is 2. The van der Waals surface area contributed by atoms with Crippen LogP contribution in [-0.2, 0) is 16.0 Å². The molecule has 0 unspecified atom stereocenters. The zero-order valence-electron chi connectivity index (χ0n) is 11.7. The largest absolute Gasteiger partial charge is 0.352 e. The van der Waals surface area contributed by atoms with Crippen LogP contribution >= 0.6 is 11.6 Å². The number of hydrogen-bond donors (Lipinski definition) is 1. The van der Waals surface area contributed by atoms with Gasteiger partial charge in [-0.05, 0) is 26.0 Å². The third-order valence-corrected chi connectivity index (χ3v) is 3.00. The summed E-state index contributed by atoms with van der Waals surface area (Å²) in [4.78, 5) is 24.8. The van der Waals surface area contributed by atoms with Gasteiger partial charge in [0.2, 0.25) is 11.8 Å². The molecule has 110 valence electrons. The van der Waals surface area contributed by atoms with Crippen LogP contribution in [0.3, 0.4) is 0 Å². The molecule has 4 nitrogen and oxygen atoms in total. The fourth-order valence-electron chi connectivity index (χ4n) is 1.66. The third kappa shape index (κ3) is 4.81. The predicted molar refractivity (Wildman–Crippen MR) is 76.0 cm³/mol. The minimum Gasteiger partial charge on any atom is -0.352 e. The van der Waals surface area contributed by atoms with E-state index < -0.39 is 5.82 Å². The molecule has 2 amide bonds. The lowest BCUT2D eigenvalue weighted by atomic mass is 10.1. The lowest BCUT2D eigenvalue weighted by Crippen LogP contribution is -2.41. The summed E-state index contributed by atoms with van der Waals surface area (Å²) in [5.41, 5.74) is 0.148. The summed E-state index contributed by atoms with van der Waals surface area (Å²) in [6.07, 6.45) is -0.170. The van der Waals surface area contributed by atoms with Crippen molar-refractivity contribution in [2.24, 2.45) is 0 Å². The van der Waals surface area contributed by atoms with E-state index in [4.69, 9.17) is 11.6 Å². The smallest absolute Gasteiger partial charge is 0.239 e. The summed E-state index contributed by atoms with van der Waals surface area (Å²) in [5, 5.41) is 2.89. The first-order chi connectivity index (χ1) is 9.31. The maximum atomic E-state index is 13.6. The van der Waals surface area contributed by atoms with Crippen molar-refractivity contribution in [1.29, 1.82) is 0 Å². The van der Waals surface area contributed by atoms with Crippen molar-refractivity contribution in [1.82, 2.24) is 10.2 Å². The number of rotatable bonds is 5. The number of nitrogens with one attached hydrogen (secondary N) is 1. The Morgan fingerprint density at radius 2 is 2.05 bits per heavy atom. The van der Waals surface area contributed by atoms with Gasteiger partial charge in [-0.25, -0.2) is 4.39 Å². The highest BCUT2D eigenvalue weighted by molar-refractivity contribution is 6.31. The Morgan fingerprint density at radius 3 is 2.60 bits per heavy atom. The molecular weight excluding hydrogens is 283 g/mol. The lowest BCUT2D eigenvalue weighted by Gasteiger charge is -2.18. The van der Waals surface area contributed by atoms with E-state index in [1.165, 1.54) is 30.1 Å². The van der Waals surface area contributed by atoms with Gasteiger partial charge in [0.1, 0.15) is 5.82 Å². The monoisotopic (exact) mass is 300 g/mol. The van der Waals surface area contributed by atoms with E-state index in [1.54, 1.807) is 0 Å². The number of hydrogen-bond acceptors (Lipinski definition) is 2. The summed E-state index contributed by atoms with van der Waals surface area (Å²) >= 11 is 5.86. The fraction of sp³-hybridized carbons (Fsp3) is 0.429. The average Bonchev–Trinajstić information content (AvgIpc) is 2.32. The fourth-order valence-corrected chi connectivity index (χ4v) is 1.89. The van der Waals surface area contributed by atoms with Crippen molar-refractivity contribution in [3.8, 4) is 0 Å². The van der Waals surface area contributed by atoms with Crippen LogP contribution in [0.25, 0.3) is 0 Å². The van der Waals surface area contributed by atoms with Gasteiger partial charge >= 0.3 is 0 Å². The molecule has 0 heterocycles. The molecule has 1 aromatic rings. The van der Waals surface area contributed by atoms with Gasteiger partial charge in [0.15, 0.2) is 0 Å². The molecule has 0 aliphatic heterocycles. The second-order valence-electron chi connectivity index (χ2n) is 4.85. The van der Waals surface area contributed by atoms with Gasteiger partial charge in [-0.15, -0.1) is 0 Å². The summed E-state index contributed by atoms with van der Waals surface area (Å²) in [5.74, 6) is -1.14. The second kappa shape index (κ2) is 7.24. The van der Waals surface area contributed by atoms with Gasteiger partial charge in [-0.1, -0.05) is 17.7 Å². The Hall–Kier alpha value is -1.62. The topological polar surface area (TPSA) is 49.4 Å². The van der Waals surface area contributed by atoms with Gasteiger partial charge < -0.3 is 10.2 Å². The number of benzene rings is 1. The number of halogens is 2. The molecule has 0 spiro atoms. The molecule has 0 aromatic heterocycles. The van der Waals surface area contributed by atoms with Gasteiger partial charge in [0.25, 0.3) is 0 Å². The van der Waals surface area contributed by atoms with Crippen molar-refractivity contribution < 1.29 is 14.0 Å². The highest BCUT2D eigenvalue weighted by atomic mass is 35.5. The summed E-state index contributed by atoms with van der Waals surface area (Å²) in [7, 11) is 1.50. The Labute approximate surface area is 122 Å². The minimum absolute atomic E-state index is 0.00649. The van der Waals surface area contributed by atoms with Gasteiger partial charge in [-0.3, -0.25) is 9.59 Å². The standard InChI is InChI=1S/C14H18ClFN2O2/c1-9(2)17-13(19)8-18(3)14(20)7-10-11(15)5-4-6-12(10)16/h4-6,9H,7-8H2,1-3H3,(H,17,19). The molecule has 0 radical (unpaired) electrons. The van der Waals surface area contributed by atoms with Crippen molar-refractivity contribution in [2.45, 2.75) is 26.3 Å². The summed E-state index contributed by atoms with van der Waals surface area (Å²) in [6, 6.07) is 4.26. The van der Waals surface area contributed by atoms with Crippen LogP contribution in [-0.4, -0.2) is 36.3 Å².